The van der Waals surface area contributed by atoms with Gasteiger partial charge in [-0.25, -0.2) is 9.78 Å². The summed E-state index contributed by atoms with van der Waals surface area (Å²) in [5, 5.41) is 4.97. The molecule has 0 aliphatic rings. The molecule has 0 saturated carbocycles. The number of esters is 1. The Morgan fingerprint density at radius 2 is 2.26 bits per heavy atom. The fourth-order valence-corrected chi connectivity index (χ4v) is 2.17. The molecule has 6 nitrogen and oxygen atoms in total. The molecule has 3 N–H and O–H groups in total. The zero-order valence-electron chi connectivity index (χ0n) is 11.3. The lowest BCUT2D eigenvalue weighted by Gasteiger charge is -2.21. The zero-order valence-corrected chi connectivity index (χ0v) is 12.1. The molecule has 0 spiro atoms. The molecule has 1 aromatic rings. The van der Waals surface area contributed by atoms with Crippen molar-refractivity contribution in [1.82, 2.24) is 10.3 Å². The number of thiazole rings is 1. The van der Waals surface area contributed by atoms with Crippen LogP contribution in [0.2, 0.25) is 0 Å². The second kappa shape index (κ2) is 7.20. The Hall–Kier alpha value is -1.47. The molecule has 1 heterocycles. The molecule has 106 valence electrons. The minimum Gasteiger partial charge on any atom is -0.467 e. The first-order chi connectivity index (χ1) is 9.03. The highest BCUT2D eigenvalue weighted by Gasteiger charge is 2.27. The van der Waals surface area contributed by atoms with Crippen molar-refractivity contribution in [2.24, 2.45) is 11.7 Å². The molecule has 0 saturated heterocycles. The summed E-state index contributed by atoms with van der Waals surface area (Å²) in [7, 11) is 1.30. The lowest BCUT2D eigenvalue weighted by Crippen LogP contribution is -2.45. The van der Waals surface area contributed by atoms with Crippen molar-refractivity contribution in [2.45, 2.75) is 32.9 Å². The molecule has 0 aromatic carbocycles. The summed E-state index contributed by atoms with van der Waals surface area (Å²) in [5.74, 6) is -0.840. The van der Waals surface area contributed by atoms with Gasteiger partial charge in [-0.3, -0.25) is 4.79 Å². The van der Waals surface area contributed by atoms with E-state index in [4.69, 9.17) is 10.5 Å². The smallest absolute Gasteiger partial charge is 0.328 e. The van der Waals surface area contributed by atoms with Crippen molar-refractivity contribution in [3.05, 3.63) is 16.1 Å². The molecule has 19 heavy (non-hydrogen) atoms. The molecular weight excluding hydrogens is 266 g/mol. The first-order valence-corrected chi connectivity index (χ1v) is 6.94. The van der Waals surface area contributed by atoms with E-state index in [1.165, 1.54) is 18.4 Å². The quantitative estimate of drug-likeness (QED) is 0.758. The Morgan fingerprint density at radius 3 is 2.74 bits per heavy atom. The average molecular weight is 285 g/mol. The van der Waals surface area contributed by atoms with E-state index in [1.807, 2.05) is 13.8 Å². The van der Waals surface area contributed by atoms with Gasteiger partial charge in [0.15, 0.2) is 0 Å². The molecule has 0 aliphatic carbocycles. The molecule has 0 bridgehead atoms. The van der Waals surface area contributed by atoms with Crippen molar-refractivity contribution < 1.29 is 14.3 Å². The third-order valence-electron chi connectivity index (χ3n) is 2.91. The Labute approximate surface area is 116 Å². The van der Waals surface area contributed by atoms with Gasteiger partial charge in [0.2, 0.25) is 0 Å². The molecule has 1 amide bonds. The molecule has 7 heteroatoms. The summed E-state index contributed by atoms with van der Waals surface area (Å²) in [6, 6.07) is -0.662. The van der Waals surface area contributed by atoms with Gasteiger partial charge in [0.1, 0.15) is 16.7 Å². The minimum atomic E-state index is -0.662. The van der Waals surface area contributed by atoms with E-state index >= 15 is 0 Å². The number of methoxy groups -OCH3 is 1. The van der Waals surface area contributed by atoms with Crippen molar-refractivity contribution in [1.29, 1.82) is 0 Å². The number of carbonyl (C=O) groups excluding carboxylic acids is 2. The van der Waals surface area contributed by atoms with Crippen LogP contribution in [-0.2, 0) is 16.1 Å². The van der Waals surface area contributed by atoms with E-state index in [9.17, 15) is 9.59 Å². The van der Waals surface area contributed by atoms with Crippen LogP contribution in [0.3, 0.4) is 0 Å². The number of hydrogen-bond acceptors (Lipinski definition) is 6. The molecule has 0 radical (unpaired) electrons. The monoisotopic (exact) mass is 285 g/mol. The van der Waals surface area contributed by atoms with Gasteiger partial charge in [0.25, 0.3) is 5.91 Å². The molecular formula is C12H19N3O3S. The number of carbonyl (C=O) groups is 2. The highest BCUT2D eigenvalue weighted by molar-refractivity contribution is 7.09. The second-order valence-electron chi connectivity index (χ2n) is 4.19. The highest BCUT2D eigenvalue weighted by atomic mass is 32.1. The van der Waals surface area contributed by atoms with Gasteiger partial charge in [-0.15, -0.1) is 11.3 Å². The first kappa shape index (κ1) is 15.6. The number of amides is 1. The Kier molecular flexibility index (Phi) is 5.91. The first-order valence-electron chi connectivity index (χ1n) is 6.06. The van der Waals surface area contributed by atoms with Crippen LogP contribution in [0.4, 0.5) is 0 Å². The van der Waals surface area contributed by atoms with Crippen LogP contribution in [0, 0.1) is 5.92 Å². The van der Waals surface area contributed by atoms with E-state index in [1.54, 1.807) is 5.38 Å². The van der Waals surface area contributed by atoms with E-state index < -0.39 is 12.0 Å². The number of nitrogens with two attached hydrogens (primary N) is 1. The fraction of sp³-hybridized carbons (Fsp3) is 0.583. The molecule has 2 unspecified atom stereocenters. The summed E-state index contributed by atoms with van der Waals surface area (Å²) in [5.41, 5.74) is 5.73. The Balaban J connectivity index is 2.78. The van der Waals surface area contributed by atoms with Gasteiger partial charge in [0, 0.05) is 11.9 Å². The molecule has 2 atom stereocenters. The standard InChI is InChI=1S/C12H19N3O3S/c1-4-7(2)10(12(17)18-3)15-11(16)8-6-19-9(5-13)14-8/h6-7,10H,4-5,13H2,1-3H3,(H,15,16). The topological polar surface area (TPSA) is 94.3 Å². The highest BCUT2D eigenvalue weighted by Crippen LogP contribution is 2.12. The summed E-state index contributed by atoms with van der Waals surface area (Å²) in [4.78, 5) is 27.8. The Morgan fingerprint density at radius 1 is 1.58 bits per heavy atom. The van der Waals surface area contributed by atoms with E-state index in [0.717, 1.165) is 6.42 Å². The fourth-order valence-electron chi connectivity index (χ4n) is 1.52. The summed E-state index contributed by atoms with van der Waals surface area (Å²) in [6.07, 6.45) is 0.755. The largest absolute Gasteiger partial charge is 0.467 e. The van der Waals surface area contributed by atoms with Crippen molar-refractivity contribution in [2.75, 3.05) is 7.11 Å². The van der Waals surface area contributed by atoms with Gasteiger partial charge in [-0.1, -0.05) is 20.3 Å². The number of ether oxygens (including phenoxy) is 1. The van der Waals surface area contributed by atoms with E-state index in [2.05, 4.69) is 10.3 Å². The van der Waals surface area contributed by atoms with E-state index in [-0.39, 0.29) is 17.5 Å². The third kappa shape index (κ3) is 4.00. The number of hydrogen-bond donors (Lipinski definition) is 2. The number of rotatable bonds is 6. The van der Waals surface area contributed by atoms with Crippen molar-refractivity contribution >= 4 is 23.2 Å². The number of nitrogens with one attached hydrogen (secondary N) is 1. The molecule has 0 aliphatic heterocycles. The van der Waals surface area contributed by atoms with Gasteiger partial charge in [0.05, 0.1) is 7.11 Å². The average Bonchev–Trinajstić information content (AvgIpc) is 2.91. The molecule has 0 fully saturated rings. The van der Waals surface area contributed by atoms with Gasteiger partial charge >= 0.3 is 5.97 Å². The maximum Gasteiger partial charge on any atom is 0.328 e. The van der Waals surface area contributed by atoms with Crippen LogP contribution >= 0.6 is 11.3 Å². The maximum absolute atomic E-state index is 12.0. The van der Waals surface area contributed by atoms with Crippen molar-refractivity contribution in [3.8, 4) is 0 Å². The van der Waals surface area contributed by atoms with Crippen LogP contribution in [0.25, 0.3) is 0 Å². The van der Waals surface area contributed by atoms with Crippen molar-refractivity contribution in [3.63, 3.8) is 0 Å². The van der Waals surface area contributed by atoms with Gasteiger partial charge in [-0.2, -0.15) is 0 Å². The minimum absolute atomic E-state index is 0.0102. The van der Waals surface area contributed by atoms with Crippen LogP contribution in [0.5, 0.6) is 0 Å². The maximum atomic E-state index is 12.0. The van der Waals surface area contributed by atoms with Crippen LogP contribution < -0.4 is 11.1 Å². The van der Waals surface area contributed by atoms with Crippen LogP contribution in [-0.4, -0.2) is 30.0 Å². The third-order valence-corrected chi connectivity index (χ3v) is 3.78. The zero-order chi connectivity index (χ0) is 14.4. The Bertz CT molecular complexity index is 447. The summed E-state index contributed by atoms with van der Waals surface area (Å²) in [6.45, 7) is 4.13. The number of aromatic nitrogens is 1. The molecule has 1 aromatic heterocycles. The lowest BCUT2D eigenvalue weighted by atomic mass is 9.99. The van der Waals surface area contributed by atoms with E-state index in [0.29, 0.717) is 11.6 Å². The summed E-state index contributed by atoms with van der Waals surface area (Å²) >= 11 is 1.32. The predicted molar refractivity (Wildman–Crippen MR) is 72.7 cm³/mol. The normalized spacial score (nSPS) is 13.7. The number of nitrogens with zero attached hydrogens (tertiary/aromatic N) is 1. The summed E-state index contributed by atoms with van der Waals surface area (Å²) < 4.78 is 4.71. The SMILES string of the molecule is CCC(C)C(NC(=O)c1csc(CN)n1)C(=O)OC. The second-order valence-corrected chi connectivity index (χ2v) is 5.13. The lowest BCUT2D eigenvalue weighted by molar-refractivity contribution is -0.144. The molecule has 1 rings (SSSR count). The van der Waals surface area contributed by atoms with Gasteiger partial charge < -0.3 is 15.8 Å². The predicted octanol–water partition coefficient (Wildman–Crippen LogP) is 0.919. The van der Waals surface area contributed by atoms with Gasteiger partial charge in [-0.05, 0) is 5.92 Å². The van der Waals surface area contributed by atoms with Crippen LogP contribution in [0.15, 0.2) is 5.38 Å². The van der Waals surface area contributed by atoms with Crippen LogP contribution in [0.1, 0.15) is 35.8 Å².